The number of carbonyl (C=O) groups is 2. The molecule has 21 heavy (non-hydrogen) atoms. The van der Waals surface area contributed by atoms with Crippen LogP contribution in [0.2, 0.25) is 0 Å². The summed E-state index contributed by atoms with van der Waals surface area (Å²) in [5.41, 5.74) is -0.400. The number of nitrogens with one attached hydrogen (secondary N) is 1. The maximum absolute atomic E-state index is 12.4. The minimum absolute atomic E-state index is 0.0148. The highest BCUT2D eigenvalue weighted by atomic mass is 16.4. The normalized spacial score (nSPS) is 10.1. The summed E-state index contributed by atoms with van der Waals surface area (Å²) in [6.45, 7) is -0.599. The number of rotatable bonds is 4. The van der Waals surface area contributed by atoms with E-state index in [4.69, 9.17) is 5.11 Å². The van der Waals surface area contributed by atoms with Gasteiger partial charge in [0.2, 0.25) is 0 Å². The Hall–Kier alpha value is -3.09. The van der Waals surface area contributed by atoms with E-state index in [2.05, 4.69) is 4.98 Å². The quantitative estimate of drug-likeness (QED) is 0.771. The predicted octanol–water partition coefficient (Wildman–Crippen LogP) is 0.812. The number of aromatic amines is 1. The molecule has 7 heteroatoms. The second-order valence-electron chi connectivity index (χ2n) is 4.22. The van der Waals surface area contributed by atoms with Gasteiger partial charge in [0.05, 0.1) is 0 Å². The number of carbonyl (C=O) groups excluding carboxylic acids is 1. The summed E-state index contributed by atoms with van der Waals surface area (Å²) in [6, 6.07) is 6.63. The number of amides is 1. The molecule has 0 aliphatic carbocycles. The van der Waals surface area contributed by atoms with Gasteiger partial charge in [-0.25, -0.2) is 0 Å². The van der Waals surface area contributed by atoms with E-state index in [1.165, 1.54) is 42.7 Å². The van der Waals surface area contributed by atoms with E-state index in [1.54, 1.807) is 0 Å². The lowest BCUT2D eigenvalue weighted by Crippen LogP contribution is -2.38. The maximum Gasteiger partial charge on any atom is 0.323 e. The number of carboxylic acids is 1. The Balaban J connectivity index is 2.43. The summed E-state index contributed by atoms with van der Waals surface area (Å²) in [6.07, 6.45) is 2.60. The summed E-state index contributed by atoms with van der Waals surface area (Å²) in [5, 5.41) is 18.2. The second-order valence-corrected chi connectivity index (χ2v) is 4.22. The molecule has 2 aromatic rings. The highest BCUT2D eigenvalue weighted by Crippen LogP contribution is 2.19. The monoisotopic (exact) mass is 288 g/mol. The summed E-state index contributed by atoms with van der Waals surface area (Å²) in [5.74, 6) is -1.97. The fourth-order valence-electron chi connectivity index (χ4n) is 1.78. The van der Waals surface area contributed by atoms with Crippen molar-refractivity contribution in [1.82, 2.24) is 4.98 Å². The molecule has 0 spiro atoms. The summed E-state index contributed by atoms with van der Waals surface area (Å²) in [4.78, 5) is 38.6. The van der Waals surface area contributed by atoms with E-state index in [0.29, 0.717) is 0 Å². The largest absolute Gasteiger partial charge is 0.508 e. The van der Waals surface area contributed by atoms with Crippen LogP contribution in [-0.4, -0.2) is 33.6 Å². The van der Waals surface area contributed by atoms with E-state index in [0.717, 1.165) is 4.90 Å². The lowest BCUT2D eigenvalue weighted by atomic mass is 10.2. The van der Waals surface area contributed by atoms with E-state index >= 15 is 0 Å². The molecule has 0 radical (unpaired) electrons. The second kappa shape index (κ2) is 5.91. The number of aliphatic carboxylic acids is 1. The first-order valence-electron chi connectivity index (χ1n) is 5.99. The zero-order chi connectivity index (χ0) is 15.4. The van der Waals surface area contributed by atoms with Crippen LogP contribution in [0.3, 0.4) is 0 Å². The molecule has 1 aromatic heterocycles. The molecule has 0 atom stereocenters. The number of phenolic OH excluding ortho intramolecular Hbond substituents is 1. The zero-order valence-electron chi connectivity index (χ0n) is 10.8. The van der Waals surface area contributed by atoms with Crippen LogP contribution in [0.1, 0.15) is 10.4 Å². The molecule has 0 unspecified atom stereocenters. The van der Waals surface area contributed by atoms with Gasteiger partial charge in [0, 0.05) is 24.1 Å². The van der Waals surface area contributed by atoms with Gasteiger partial charge in [0.25, 0.3) is 5.91 Å². The molecule has 0 saturated heterocycles. The topological polar surface area (TPSA) is 111 Å². The van der Waals surface area contributed by atoms with Crippen molar-refractivity contribution in [2.45, 2.75) is 0 Å². The number of nitrogens with zero attached hydrogens (tertiary/aromatic N) is 1. The molecule has 0 fully saturated rings. The SMILES string of the molecule is O=C(O)CN(C(=O)c1c[nH]ccc1=O)c1ccc(O)cc1. The molecular weight excluding hydrogens is 276 g/mol. The van der Waals surface area contributed by atoms with Crippen LogP contribution in [0.15, 0.2) is 47.5 Å². The predicted molar refractivity (Wildman–Crippen MR) is 74.5 cm³/mol. The average molecular weight is 288 g/mol. The van der Waals surface area contributed by atoms with Crippen molar-refractivity contribution in [2.24, 2.45) is 0 Å². The number of benzene rings is 1. The van der Waals surface area contributed by atoms with E-state index in [-0.39, 0.29) is 17.0 Å². The number of phenols is 1. The first kappa shape index (κ1) is 14.3. The van der Waals surface area contributed by atoms with E-state index in [1.807, 2.05) is 0 Å². The van der Waals surface area contributed by atoms with Gasteiger partial charge < -0.3 is 15.2 Å². The van der Waals surface area contributed by atoms with Gasteiger partial charge in [-0.05, 0) is 24.3 Å². The Morgan fingerprint density at radius 2 is 1.81 bits per heavy atom. The molecule has 3 N–H and O–H groups in total. The first-order chi connectivity index (χ1) is 9.99. The van der Waals surface area contributed by atoms with Crippen LogP contribution >= 0.6 is 0 Å². The number of anilines is 1. The fraction of sp³-hybridized carbons (Fsp3) is 0.0714. The number of aromatic hydroxyl groups is 1. The average Bonchev–Trinajstić information content (AvgIpc) is 2.45. The fourth-order valence-corrected chi connectivity index (χ4v) is 1.78. The summed E-state index contributed by atoms with van der Waals surface area (Å²) >= 11 is 0. The minimum Gasteiger partial charge on any atom is -0.508 e. The molecule has 7 nitrogen and oxygen atoms in total. The lowest BCUT2D eigenvalue weighted by molar-refractivity contribution is -0.135. The zero-order valence-corrected chi connectivity index (χ0v) is 10.8. The number of H-pyrrole nitrogens is 1. The van der Waals surface area contributed by atoms with Crippen LogP contribution < -0.4 is 10.3 Å². The number of carboxylic acid groups (broad SMARTS) is 1. The molecule has 0 aliphatic heterocycles. The third kappa shape index (κ3) is 3.27. The summed E-state index contributed by atoms with van der Waals surface area (Å²) < 4.78 is 0. The number of pyridine rings is 1. The molecular formula is C14H12N2O5. The Morgan fingerprint density at radius 3 is 2.38 bits per heavy atom. The number of aromatic nitrogens is 1. The van der Waals surface area contributed by atoms with Crippen molar-refractivity contribution in [2.75, 3.05) is 11.4 Å². The Labute approximate surface area is 119 Å². The molecule has 1 aromatic carbocycles. The molecule has 1 amide bonds. The highest BCUT2D eigenvalue weighted by molar-refractivity contribution is 6.07. The maximum atomic E-state index is 12.4. The van der Waals surface area contributed by atoms with Gasteiger partial charge in [0.15, 0.2) is 5.43 Å². The van der Waals surface area contributed by atoms with Gasteiger partial charge in [-0.3, -0.25) is 19.3 Å². The van der Waals surface area contributed by atoms with Gasteiger partial charge >= 0.3 is 5.97 Å². The van der Waals surface area contributed by atoms with Crippen molar-refractivity contribution >= 4 is 17.6 Å². The van der Waals surface area contributed by atoms with Gasteiger partial charge in [-0.15, -0.1) is 0 Å². The van der Waals surface area contributed by atoms with Crippen molar-refractivity contribution < 1.29 is 19.8 Å². The van der Waals surface area contributed by atoms with E-state index in [9.17, 15) is 19.5 Å². The first-order valence-corrected chi connectivity index (χ1v) is 5.99. The van der Waals surface area contributed by atoms with Gasteiger partial charge in [-0.1, -0.05) is 0 Å². The Bertz CT molecular complexity index is 721. The van der Waals surface area contributed by atoms with Crippen molar-refractivity contribution in [1.29, 1.82) is 0 Å². The smallest absolute Gasteiger partial charge is 0.323 e. The van der Waals surface area contributed by atoms with Gasteiger partial charge in [0.1, 0.15) is 17.9 Å². The standard InChI is InChI=1S/C14H12N2O5/c17-10-3-1-9(2-4-10)16(8-13(19)20)14(21)11-7-15-6-5-12(11)18/h1-7,17H,8H2,(H,15,18)(H,19,20). The molecule has 0 aliphatic rings. The van der Waals surface area contributed by atoms with E-state index < -0.39 is 23.9 Å². The number of hydrogen-bond acceptors (Lipinski definition) is 4. The van der Waals surface area contributed by atoms with Crippen molar-refractivity contribution in [3.63, 3.8) is 0 Å². The molecule has 108 valence electrons. The molecule has 0 bridgehead atoms. The number of hydrogen-bond donors (Lipinski definition) is 3. The van der Waals surface area contributed by atoms with Crippen LogP contribution in [-0.2, 0) is 4.79 Å². The molecule has 0 saturated carbocycles. The third-order valence-corrected chi connectivity index (χ3v) is 2.75. The summed E-state index contributed by atoms with van der Waals surface area (Å²) in [7, 11) is 0. The lowest BCUT2D eigenvalue weighted by Gasteiger charge is -2.20. The van der Waals surface area contributed by atoms with Gasteiger partial charge in [-0.2, -0.15) is 0 Å². The minimum atomic E-state index is -1.22. The molecule has 2 rings (SSSR count). The van der Waals surface area contributed by atoms with Crippen LogP contribution in [0.5, 0.6) is 5.75 Å². The van der Waals surface area contributed by atoms with Crippen molar-refractivity contribution in [3.8, 4) is 5.75 Å². The van der Waals surface area contributed by atoms with Crippen LogP contribution in [0.25, 0.3) is 0 Å². The van der Waals surface area contributed by atoms with Crippen LogP contribution in [0, 0.1) is 0 Å². The highest BCUT2D eigenvalue weighted by Gasteiger charge is 2.22. The Kier molecular flexibility index (Phi) is 4.03. The van der Waals surface area contributed by atoms with Crippen molar-refractivity contribution in [3.05, 3.63) is 58.5 Å². The third-order valence-electron chi connectivity index (χ3n) is 2.75. The Morgan fingerprint density at radius 1 is 1.14 bits per heavy atom. The van der Waals surface area contributed by atoms with Crippen LogP contribution in [0.4, 0.5) is 5.69 Å². The molecule has 1 heterocycles.